The van der Waals surface area contributed by atoms with Gasteiger partial charge in [-0.1, -0.05) is 49.2 Å². The summed E-state index contributed by atoms with van der Waals surface area (Å²) in [5.41, 5.74) is 1.56. The molecule has 1 fully saturated rings. The normalized spacial score (nSPS) is 15.3. The van der Waals surface area contributed by atoms with Gasteiger partial charge in [-0.25, -0.2) is 3.97 Å². The van der Waals surface area contributed by atoms with Crippen molar-refractivity contribution in [3.63, 3.8) is 0 Å². The van der Waals surface area contributed by atoms with Gasteiger partial charge in [-0.15, -0.1) is 0 Å². The summed E-state index contributed by atoms with van der Waals surface area (Å²) in [5.74, 6) is -0.673. The highest BCUT2D eigenvalue weighted by Crippen LogP contribution is 2.26. The average molecular weight is 495 g/mol. The number of benzene rings is 2. The number of hydrogen-bond donors (Lipinski definition) is 1. The molecular formula is C26H30N4O4S. The summed E-state index contributed by atoms with van der Waals surface area (Å²) in [5, 5.41) is 3.46. The smallest absolute Gasteiger partial charge is 0.307 e. The molecule has 1 saturated heterocycles. The summed E-state index contributed by atoms with van der Waals surface area (Å²) >= 11 is 0. The van der Waals surface area contributed by atoms with Crippen LogP contribution in [0.1, 0.15) is 41.6 Å². The van der Waals surface area contributed by atoms with Crippen molar-refractivity contribution in [3.05, 3.63) is 77.6 Å². The van der Waals surface area contributed by atoms with Crippen molar-refractivity contribution < 1.29 is 18.0 Å². The second-order valence-corrected chi connectivity index (χ2v) is 10.8. The van der Waals surface area contributed by atoms with Crippen LogP contribution in [0.25, 0.3) is 17.0 Å². The van der Waals surface area contributed by atoms with Crippen LogP contribution in [0, 0.1) is 0 Å². The molecule has 8 nitrogen and oxygen atoms in total. The van der Waals surface area contributed by atoms with E-state index in [1.54, 1.807) is 53.4 Å². The van der Waals surface area contributed by atoms with Crippen LogP contribution in [-0.2, 0) is 15.0 Å². The van der Waals surface area contributed by atoms with Gasteiger partial charge in [0.1, 0.15) is 5.70 Å². The van der Waals surface area contributed by atoms with Crippen LogP contribution >= 0.6 is 0 Å². The third-order valence-electron chi connectivity index (χ3n) is 6.13. The Morgan fingerprint density at radius 2 is 1.54 bits per heavy atom. The van der Waals surface area contributed by atoms with Crippen LogP contribution in [0.2, 0.25) is 0 Å². The van der Waals surface area contributed by atoms with Crippen LogP contribution in [0.3, 0.4) is 0 Å². The Balaban J connectivity index is 1.81. The van der Waals surface area contributed by atoms with Gasteiger partial charge in [-0.05, 0) is 37.1 Å². The summed E-state index contributed by atoms with van der Waals surface area (Å²) < 4.78 is 28.2. The largest absolute Gasteiger partial charge is 0.337 e. The van der Waals surface area contributed by atoms with Crippen molar-refractivity contribution in [2.75, 3.05) is 27.2 Å². The zero-order valence-corrected chi connectivity index (χ0v) is 20.8. The predicted octanol–water partition coefficient (Wildman–Crippen LogP) is 3.47. The summed E-state index contributed by atoms with van der Waals surface area (Å²) in [7, 11) is -0.859. The van der Waals surface area contributed by atoms with Gasteiger partial charge in [0, 0.05) is 49.9 Å². The molecule has 9 heteroatoms. The summed E-state index contributed by atoms with van der Waals surface area (Å²) in [6.07, 6.45) is 7.02. The van der Waals surface area contributed by atoms with E-state index in [1.165, 1.54) is 24.3 Å². The number of carbonyl (C=O) groups is 2. The molecule has 2 heterocycles. The van der Waals surface area contributed by atoms with E-state index in [9.17, 15) is 18.0 Å². The van der Waals surface area contributed by atoms with Gasteiger partial charge in [0.05, 0.1) is 5.52 Å². The number of carbonyl (C=O) groups excluding carboxylic acids is 2. The molecule has 35 heavy (non-hydrogen) atoms. The molecule has 3 aromatic rings. The summed E-state index contributed by atoms with van der Waals surface area (Å²) in [4.78, 5) is 28.3. The van der Waals surface area contributed by atoms with Crippen molar-refractivity contribution in [1.82, 2.24) is 18.5 Å². The number of hydrogen-bond acceptors (Lipinski definition) is 4. The van der Waals surface area contributed by atoms with Gasteiger partial charge < -0.3 is 10.2 Å². The van der Waals surface area contributed by atoms with E-state index < -0.39 is 16.1 Å². The molecule has 0 spiro atoms. The maximum Gasteiger partial charge on any atom is 0.307 e. The van der Waals surface area contributed by atoms with E-state index in [-0.39, 0.29) is 11.6 Å². The van der Waals surface area contributed by atoms with Crippen LogP contribution in [0.15, 0.2) is 66.5 Å². The third-order valence-corrected chi connectivity index (χ3v) is 7.85. The van der Waals surface area contributed by atoms with Crippen LogP contribution in [0.5, 0.6) is 0 Å². The van der Waals surface area contributed by atoms with E-state index in [0.29, 0.717) is 35.1 Å². The number of aromatic nitrogens is 1. The Labute approximate surface area is 206 Å². The summed E-state index contributed by atoms with van der Waals surface area (Å²) in [6, 6.07) is 15.8. The molecule has 0 saturated carbocycles. The van der Waals surface area contributed by atoms with Crippen LogP contribution in [0.4, 0.5) is 0 Å². The van der Waals surface area contributed by atoms with Crippen LogP contribution < -0.4 is 5.32 Å². The molecule has 1 aliphatic rings. The molecule has 0 radical (unpaired) electrons. The number of rotatable bonds is 6. The minimum atomic E-state index is -3.79. The van der Waals surface area contributed by atoms with Gasteiger partial charge in [-0.3, -0.25) is 9.59 Å². The van der Waals surface area contributed by atoms with Gasteiger partial charge in [0.15, 0.2) is 0 Å². The number of likely N-dealkylation sites (tertiary alicyclic amines) is 1. The lowest BCUT2D eigenvalue weighted by atomic mass is 10.1. The highest BCUT2D eigenvalue weighted by Gasteiger charge is 2.24. The average Bonchev–Trinajstić information content (AvgIpc) is 3.03. The maximum absolute atomic E-state index is 13.6. The third kappa shape index (κ3) is 5.31. The number of amides is 2. The Morgan fingerprint density at radius 3 is 2.20 bits per heavy atom. The fraction of sp³-hybridized carbons (Fsp3) is 0.308. The number of fused-ring (bicyclic) bond motifs is 1. The first-order valence-electron chi connectivity index (χ1n) is 11.7. The molecule has 0 bridgehead atoms. The first-order chi connectivity index (χ1) is 16.8. The molecule has 184 valence electrons. The lowest BCUT2D eigenvalue weighted by Gasteiger charge is -2.22. The van der Waals surface area contributed by atoms with Crippen molar-refractivity contribution in [3.8, 4) is 0 Å². The Kier molecular flexibility index (Phi) is 7.37. The Morgan fingerprint density at radius 1 is 0.914 bits per heavy atom. The number of nitrogens with one attached hydrogen (secondary N) is 1. The lowest BCUT2D eigenvalue weighted by Crippen LogP contribution is -2.39. The van der Waals surface area contributed by atoms with Gasteiger partial charge in [-0.2, -0.15) is 12.7 Å². The van der Waals surface area contributed by atoms with Crippen molar-refractivity contribution in [2.45, 2.75) is 25.7 Å². The second-order valence-electron chi connectivity index (χ2n) is 8.77. The monoisotopic (exact) mass is 494 g/mol. The predicted molar refractivity (Wildman–Crippen MR) is 137 cm³/mol. The maximum atomic E-state index is 13.6. The fourth-order valence-electron chi connectivity index (χ4n) is 4.19. The molecule has 1 N–H and O–H groups in total. The minimum Gasteiger partial charge on any atom is -0.337 e. The lowest BCUT2D eigenvalue weighted by molar-refractivity contribution is -0.127. The van der Waals surface area contributed by atoms with Gasteiger partial charge in [0.25, 0.3) is 11.8 Å². The molecule has 0 atom stereocenters. The minimum absolute atomic E-state index is 0.117. The van der Waals surface area contributed by atoms with E-state index in [2.05, 4.69) is 5.32 Å². The Hall–Kier alpha value is -3.43. The molecule has 2 aromatic carbocycles. The van der Waals surface area contributed by atoms with Crippen LogP contribution in [-0.4, -0.2) is 60.6 Å². The SMILES string of the molecule is CN(C)S(=O)(=O)n1cc(C=C(NC(=O)c2ccccc2)C(=O)N2CCCCCC2)c2ccccc21. The van der Waals surface area contributed by atoms with Crippen molar-refractivity contribution in [2.24, 2.45) is 0 Å². The van der Waals surface area contributed by atoms with Crippen molar-refractivity contribution >= 4 is 39.0 Å². The highest BCUT2D eigenvalue weighted by atomic mass is 32.2. The second kappa shape index (κ2) is 10.5. The summed E-state index contributed by atoms with van der Waals surface area (Å²) in [6.45, 7) is 1.24. The van der Waals surface area contributed by atoms with Crippen molar-refractivity contribution in [1.29, 1.82) is 0 Å². The van der Waals surface area contributed by atoms with E-state index in [1.807, 2.05) is 12.1 Å². The number of para-hydroxylation sites is 1. The number of nitrogens with zero attached hydrogens (tertiary/aromatic N) is 3. The molecule has 1 aromatic heterocycles. The highest BCUT2D eigenvalue weighted by molar-refractivity contribution is 7.87. The first-order valence-corrected chi connectivity index (χ1v) is 13.1. The first kappa shape index (κ1) is 24.7. The van der Waals surface area contributed by atoms with E-state index in [4.69, 9.17) is 0 Å². The van der Waals surface area contributed by atoms with E-state index >= 15 is 0 Å². The Bertz CT molecular complexity index is 1350. The molecule has 1 aliphatic heterocycles. The molecule has 4 rings (SSSR count). The fourth-order valence-corrected chi connectivity index (χ4v) is 5.20. The zero-order chi connectivity index (χ0) is 25.0. The molecule has 0 unspecified atom stereocenters. The van der Waals surface area contributed by atoms with Gasteiger partial charge >= 0.3 is 10.2 Å². The topological polar surface area (TPSA) is 91.7 Å². The zero-order valence-electron chi connectivity index (χ0n) is 20.0. The molecule has 2 amide bonds. The quantitative estimate of drug-likeness (QED) is 0.531. The molecule has 0 aliphatic carbocycles. The van der Waals surface area contributed by atoms with Gasteiger partial charge in [0.2, 0.25) is 0 Å². The molecular weight excluding hydrogens is 464 g/mol. The van der Waals surface area contributed by atoms with E-state index in [0.717, 1.165) is 30.0 Å². The standard InChI is InChI=1S/C26H30N4O4S/c1-28(2)35(33,34)30-19-21(22-14-8-9-15-24(22)30)18-23(26(32)29-16-10-3-4-11-17-29)27-25(31)20-12-6-5-7-13-20/h5-9,12-15,18-19H,3-4,10-11,16-17H2,1-2H3,(H,27,31).